The lowest BCUT2D eigenvalue weighted by Gasteiger charge is -2.39. The van der Waals surface area contributed by atoms with Crippen LogP contribution in [-0.2, 0) is 4.74 Å². The Bertz CT molecular complexity index is 210. The summed E-state index contributed by atoms with van der Waals surface area (Å²) < 4.78 is 41.6. The highest BCUT2D eigenvalue weighted by Crippen LogP contribution is 2.35. The third-order valence-electron chi connectivity index (χ3n) is 3.23. The zero-order valence-electron chi connectivity index (χ0n) is 9.86. The van der Waals surface area contributed by atoms with Crippen LogP contribution in [0.25, 0.3) is 0 Å². The molecule has 0 saturated heterocycles. The zero-order valence-corrected chi connectivity index (χ0v) is 9.86. The van der Waals surface area contributed by atoms with E-state index in [1.54, 1.807) is 7.05 Å². The van der Waals surface area contributed by atoms with Crippen molar-refractivity contribution >= 4 is 0 Å². The third kappa shape index (κ3) is 4.29. The van der Waals surface area contributed by atoms with Crippen LogP contribution in [0.5, 0.6) is 0 Å². The van der Waals surface area contributed by atoms with Crippen LogP contribution in [0.3, 0.4) is 0 Å². The zero-order chi connectivity index (χ0) is 12.2. The van der Waals surface area contributed by atoms with Crippen molar-refractivity contribution in [3.63, 3.8) is 0 Å². The molecule has 0 aliphatic heterocycles. The first kappa shape index (κ1) is 13.8. The Kier molecular flexibility index (Phi) is 4.62. The van der Waals surface area contributed by atoms with Crippen molar-refractivity contribution < 1.29 is 17.9 Å². The minimum atomic E-state index is -4.23. The molecule has 16 heavy (non-hydrogen) atoms. The van der Waals surface area contributed by atoms with E-state index in [-0.39, 0.29) is 0 Å². The predicted molar refractivity (Wildman–Crippen MR) is 56.3 cm³/mol. The molecule has 0 atom stereocenters. The number of likely N-dealkylation sites (N-methyl/N-ethyl adjacent to an activating group) is 1. The Hall–Kier alpha value is -0.290. The largest absolute Gasteiger partial charge is 0.411 e. The summed E-state index contributed by atoms with van der Waals surface area (Å²) in [5, 5.41) is 2.94. The molecule has 0 aromatic rings. The topological polar surface area (TPSA) is 21.3 Å². The summed E-state index contributed by atoms with van der Waals surface area (Å²) in [5.41, 5.74) is -0.614. The highest BCUT2D eigenvalue weighted by molar-refractivity contribution is 4.88. The van der Waals surface area contributed by atoms with Crippen LogP contribution < -0.4 is 5.32 Å². The number of rotatable bonds is 4. The maximum atomic E-state index is 12.2. The van der Waals surface area contributed by atoms with Gasteiger partial charge in [-0.25, -0.2) is 0 Å². The van der Waals surface area contributed by atoms with Crippen LogP contribution in [0.1, 0.15) is 32.6 Å². The molecule has 0 heterocycles. The first-order valence-electron chi connectivity index (χ1n) is 5.72. The van der Waals surface area contributed by atoms with E-state index in [1.807, 2.05) is 0 Å². The maximum Gasteiger partial charge on any atom is 0.411 e. The second-order valence-electron chi connectivity index (χ2n) is 4.80. The van der Waals surface area contributed by atoms with Gasteiger partial charge in [-0.05, 0) is 38.6 Å². The quantitative estimate of drug-likeness (QED) is 0.814. The predicted octanol–water partition coefficient (Wildman–Crippen LogP) is 2.73. The molecule has 1 N–H and O–H groups in total. The smallest absolute Gasteiger partial charge is 0.364 e. The third-order valence-corrected chi connectivity index (χ3v) is 3.23. The molecular weight excluding hydrogens is 219 g/mol. The molecule has 1 rings (SSSR count). The van der Waals surface area contributed by atoms with Gasteiger partial charge >= 0.3 is 6.18 Å². The minimum Gasteiger partial charge on any atom is -0.364 e. The fourth-order valence-electron chi connectivity index (χ4n) is 2.22. The van der Waals surface area contributed by atoms with Gasteiger partial charge in [-0.1, -0.05) is 6.92 Å². The fourth-order valence-corrected chi connectivity index (χ4v) is 2.22. The van der Waals surface area contributed by atoms with Crippen LogP contribution in [0.15, 0.2) is 0 Å². The fraction of sp³-hybridized carbons (Fsp3) is 1.00. The van der Waals surface area contributed by atoms with Crippen LogP contribution in [0.2, 0.25) is 0 Å². The van der Waals surface area contributed by atoms with Gasteiger partial charge in [-0.15, -0.1) is 0 Å². The van der Waals surface area contributed by atoms with Gasteiger partial charge in [0, 0.05) is 6.54 Å². The van der Waals surface area contributed by atoms with Gasteiger partial charge < -0.3 is 10.1 Å². The number of hydrogen-bond acceptors (Lipinski definition) is 2. The van der Waals surface area contributed by atoms with Crippen molar-refractivity contribution in [2.75, 3.05) is 20.2 Å². The molecule has 0 amide bonds. The molecular formula is C11H20F3NO. The first-order valence-corrected chi connectivity index (χ1v) is 5.72. The normalized spacial score (nSPS) is 31.7. The second-order valence-corrected chi connectivity index (χ2v) is 4.80. The molecule has 1 aliphatic rings. The highest BCUT2D eigenvalue weighted by atomic mass is 19.4. The first-order chi connectivity index (χ1) is 7.37. The summed E-state index contributed by atoms with van der Waals surface area (Å²) in [5.74, 6) is 0.597. The summed E-state index contributed by atoms with van der Waals surface area (Å²) in [6.07, 6.45) is -0.918. The molecule has 0 bridgehead atoms. The van der Waals surface area contributed by atoms with Crippen molar-refractivity contribution in [2.45, 2.75) is 44.4 Å². The van der Waals surface area contributed by atoms with Crippen molar-refractivity contribution in [3.05, 3.63) is 0 Å². The number of ether oxygens (including phenoxy) is 1. The van der Waals surface area contributed by atoms with E-state index in [0.717, 1.165) is 12.8 Å². The standard InChI is InChI=1S/C11H20F3NO/c1-9-3-5-10(6-4-9,7-15-2)16-8-11(12,13)14/h9,15H,3-8H2,1-2H3. The van der Waals surface area contributed by atoms with Crippen molar-refractivity contribution in [1.82, 2.24) is 5.32 Å². The molecule has 2 nitrogen and oxygen atoms in total. The second kappa shape index (κ2) is 5.36. The maximum absolute atomic E-state index is 12.2. The van der Waals surface area contributed by atoms with E-state index in [0.29, 0.717) is 25.3 Å². The van der Waals surface area contributed by atoms with E-state index < -0.39 is 18.4 Å². The lowest BCUT2D eigenvalue weighted by molar-refractivity contribution is -0.211. The molecule has 96 valence electrons. The summed E-state index contributed by atoms with van der Waals surface area (Å²) in [7, 11) is 1.75. The lowest BCUT2D eigenvalue weighted by Crippen LogP contribution is -2.46. The van der Waals surface area contributed by atoms with Gasteiger partial charge in [-0.2, -0.15) is 13.2 Å². The van der Waals surface area contributed by atoms with Crippen LogP contribution in [0.4, 0.5) is 13.2 Å². The summed E-state index contributed by atoms with van der Waals surface area (Å²) >= 11 is 0. The summed E-state index contributed by atoms with van der Waals surface area (Å²) in [6.45, 7) is 1.49. The van der Waals surface area contributed by atoms with Crippen molar-refractivity contribution in [1.29, 1.82) is 0 Å². The van der Waals surface area contributed by atoms with E-state index in [1.165, 1.54) is 0 Å². The summed E-state index contributed by atoms with van der Waals surface area (Å²) in [4.78, 5) is 0. The molecule has 0 aromatic heterocycles. The van der Waals surface area contributed by atoms with Gasteiger partial charge in [0.1, 0.15) is 6.61 Å². The van der Waals surface area contributed by atoms with Gasteiger partial charge in [0.05, 0.1) is 5.60 Å². The Labute approximate surface area is 94.5 Å². The molecule has 0 spiro atoms. The Morgan fingerprint density at radius 3 is 2.31 bits per heavy atom. The Balaban J connectivity index is 2.52. The number of halogens is 3. The molecule has 0 aromatic carbocycles. The van der Waals surface area contributed by atoms with Crippen molar-refractivity contribution in [2.24, 2.45) is 5.92 Å². The van der Waals surface area contributed by atoms with Gasteiger partial charge in [-0.3, -0.25) is 0 Å². The van der Waals surface area contributed by atoms with E-state index in [4.69, 9.17) is 4.74 Å². The molecule has 0 radical (unpaired) electrons. The average Bonchev–Trinajstić information content (AvgIpc) is 2.19. The number of hydrogen-bond donors (Lipinski definition) is 1. The lowest BCUT2D eigenvalue weighted by atomic mass is 9.79. The number of nitrogens with one attached hydrogen (secondary N) is 1. The van der Waals surface area contributed by atoms with E-state index in [9.17, 15) is 13.2 Å². The highest BCUT2D eigenvalue weighted by Gasteiger charge is 2.38. The number of alkyl halides is 3. The van der Waals surface area contributed by atoms with Crippen LogP contribution in [-0.4, -0.2) is 32.0 Å². The molecule has 1 saturated carbocycles. The van der Waals surface area contributed by atoms with Crippen LogP contribution in [0, 0.1) is 5.92 Å². The van der Waals surface area contributed by atoms with Crippen molar-refractivity contribution in [3.8, 4) is 0 Å². The van der Waals surface area contributed by atoms with E-state index in [2.05, 4.69) is 12.2 Å². The molecule has 1 aliphatic carbocycles. The van der Waals surface area contributed by atoms with Gasteiger partial charge in [0.15, 0.2) is 0 Å². The Morgan fingerprint density at radius 1 is 1.31 bits per heavy atom. The SMILES string of the molecule is CNCC1(OCC(F)(F)F)CCC(C)CC1. The minimum absolute atomic E-state index is 0.496. The van der Waals surface area contributed by atoms with Gasteiger partial charge in [0.25, 0.3) is 0 Å². The van der Waals surface area contributed by atoms with E-state index >= 15 is 0 Å². The average molecular weight is 239 g/mol. The molecule has 1 fully saturated rings. The van der Waals surface area contributed by atoms with Crippen LogP contribution >= 0.6 is 0 Å². The van der Waals surface area contributed by atoms with Gasteiger partial charge in [0.2, 0.25) is 0 Å². The molecule has 5 heteroatoms. The Morgan fingerprint density at radius 2 is 1.88 bits per heavy atom. The summed E-state index contributed by atoms with van der Waals surface area (Å²) in [6, 6.07) is 0. The molecule has 0 unspecified atom stereocenters. The monoisotopic (exact) mass is 239 g/mol.